The van der Waals surface area contributed by atoms with Crippen molar-refractivity contribution < 1.29 is 23.8 Å². The quantitative estimate of drug-likeness (QED) is 0.272. The molecule has 7 heteroatoms. The normalized spacial score (nSPS) is 18.5. The number of hydrogen-bond acceptors (Lipinski definition) is 6. The molecule has 0 atom stereocenters. The van der Waals surface area contributed by atoms with Gasteiger partial charge in [0.15, 0.2) is 23.1 Å². The molecule has 0 aromatic heterocycles. The molecule has 1 heterocycles. The molecular weight excluding hydrogens is 510 g/mol. The summed E-state index contributed by atoms with van der Waals surface area (Å²) < 4.78 is 17.8. The lowest BCUT2D eigenvalue weighted by molar-refractivity contribution is -0.117. The molecule has 1 aliphatic heterocycles. The van der Waals surface area contributed by atoms with Gasteiger partial charge in [0, 0.05) is 61.6 Å². The summed E-state index contributed by atoms with van der Waals surface area (Å²) in [5, 5.41) is 0. The predicted octanol–water partition coefficient (Wildman–Crippen LogP) is 5.86. The number of rotatable bonds is 10. The topological polar surface area (TPSA) is 65.1 Å². The molecule has 0 spiro atoms. The summed E-state index contributed by atoms with van der Waals surface area (Å²) in [7, 11) is 1.70. The molecule has 35 heavy (non-hydrogen) atoms. The molecule has 0 bridgehead atoms. The van der Waals surface area contributed by atoms with Crippen LogP contribution >= 0.6 is 15.9 Å². The molecule has 0 unspecified atom stereocenters. The molecule has 2 aliphatic carbocycles. The third-order valence-corrected chi connectivity index (χ3v) is 7.42. The average molecular weight is 544 g/mol. The molecule has 6 nitrogen and oxygen atoms in total. The van der Waals surface area contributed by atoms with Gasteiger partial charge in [-0.1, -0.05) is 12.7 Å². The van der Waals surface area contributed by atoms with Gasteiger partial charge in [-0.15, -0.1) is 0 Å². The highest BCUT2D eigenvalue weighted by atomic mass is 79.9. The van der Waals surface area contributed by atoms with Crippen LogP contribution < -0.4 is 9.47 Å². The van der Waals surface area contributed by atoms with Crippen LogP contribution in [0.5, 0.6) is 11.5 Å². The minimum atomic E-state index is -0.386. The third kappa shape index (κ3) is 5.12. The number of carbonyl (C=O) groups is 2. The molecule has 0 saturated heterocycles. The molecule has 0 radical (unpaired) electrons. The second kappa shape index (κ2) is 11.6. The Labute approximate surface area is 216 Å². The van der Waals surface area contributed by atoms with Gasteiger partial charge in [0.25, 0.3) is 0 Å². The minimum Gasteiger partial charge on any atom is -0.490 e. The van der Waals surface area contributed by atoms with Crippen molar-refractivity contribution in [2.45, 2.75) is 57.8 Å². The summed E-state index contributed by atoms with van der Waals surface area (Å²) in [5.74, 6) is 1.08. The number of halogens is 1. The molecule has 4 rings (SSSR count). The molecule has 1 aromatic carbocycles. The van der Waals surface area contributed by atoms with E-state index in [1.54, 1.807) is 13.2 Å². The molecule has 0 N–H and O–H groups in total. The van der Waals surface area contributed by atoms with Crippen molar-refractivity contribution in [3.05, 3.63) is 57.4 Å². The summed E-state index contributed by atoms with van der Waals surface area (Å²) in [6.07, 6.45) is 6.91. The Morgan fingerprint density at radius 1 is 1.06 bits per heavy atom. The molecule has 0 saturated carbocycles. The second-order valence-electron chi connectivity index (χ2n) is 9.07. The highest BCUT2D eigenvalue weighted by Crippen LogP contribution is 2.51. The van der Waals surface area contributed by atoms with E-state index in [1.165, 1.54) is 0 Å². The van der Waals surface area contributed by atoms with E-state index in [1.807, 2.05) is 19.1 Å². The number of ether oxygens (including phenoxy) is 3. The number of benzene rings is 1. The largest absolute Gasteiger partial charge is 0.490 e. The van der Waals surface area contributed by atoms with Crippen LogP contribution in [0.3, 0.4) is 0 Å². The number of methoxy groups -OCH3 is 1. The number of hydrogen-bond donors (Lipinski definition) is 0. The minimum absolute atomic E-state index is 0.138. The average Bonchev–Trinajstić information content (AvgIpc) is 2.84. The van der Waals surface area contributed by atoms with Crippen LogP contribution in [0.15, 0.2) is 51.8 Å². The molecule has 188 valence electrons. The summed E-state index contributed by atoms with van der Waals surface area (Å²) in [6, 6.07) is 3.92. The van der Waals surface area contributed by atoms with Crippen LogP contribution in [-0.4, -0.2) is 49.9 Å². The fourth-order valence-corrected chi connectivity index (χ4v) is 6.06. The number of Topliss-reactive ketones (excluding diaryl/α,β-unsaturated/α-hetero) is 2. The van der Waals surface area contributed by atoms with Gasteiger partial charge in [-0.3, -0.25) is 9.59 Å². The standard InChI is InChI=1S/C28H34BrNO5/c1-4-14-35-28-19(29)16-18(17-24(28)34-5-2)25-26-20(9-6-11-22(26)31)30(13-8-15-33-3)21-10-7-12-23(32)27(21)25/h4,16-17,25H,1,5-15H2,2-3H3. The SMILES string of the molecule is C=CCOc1c(Br)cc(C2C3=C(CCCC3=O)N(CCCOC)C3=C2C(=O)CCC3)cc1OCC. The summed E-state index contributed by atoms with van der Waals surface area (Å²) in [4.78, 5) is 29.2. The van der Waals surface area contributed by atoms with E-state index in [-0.39, 0.29) is 17.5 Å². The fourth-order valence-electron chi connectivity index (χ4n) is 5.49. The van der Waals surface area contributed by atoms with Gasteiger partial charge in [0.2, 0.25) is 0 Å². The maximum absolute atomic E-state index is 13.5. The van der Waals surface area contributed by atoms with E-state index in [2.05, 4.69) is 27.4 Å². The monoisotopic (exact) mass is 543 g/mol. The molecule has 3 aliphatic rings. The Kier molecular flexibility index (Phi) is 8.50. The van der Waals surface area contributed by atoms with Crippen LogP contribution in [0.1, 0.15) is 63.4 Å². The van der Waals surface area contributed by atoms with Gasteiger partial charge in [-0.05, 0) is 72.7 Å². The van der Waals surface area contributed by atoms with Crippen LogP contribution in [-0.2, 0) is 14.3 Å². The zero-order chi connectivity index (χ0) is 24.9. The van der Waals surface area contributed by atoms with E-state index >= 15 is 0 Å². The lowest BCUT2D eigenvalue weighted by atomic mass is 9.71. The van der Waals surface area contributed by atoms with Crippen molar-refractivity contribution in [3.8, 4) is 11.5 Å². The van der Waals surface area contributed by atoms with Crippen molar-refractivity contribution in [3.63, 3.8) is 0 Å². The van der Waals surface area contributed by atoms with Crippen molar-refractivity contribution in [1.29, 1.82) is 0 Å². The Morgan fingerprint density at radius 2 is 1.71 bits per heavy atom. The zero-order valence-electron chi connectivity index (χ0n) is 20.7. The van der Waals surface area contributed by atoms with Gasteiger partial charge >= 0.3 is 0 Å². The van der Waals surface area contributed by atoms with Crippen LogP contribution in [0.2, 0.25) is 0 Å². The van der Waals surface area contributed by atoms with Crippen LogP contribution in [0.4, 0.5) is 0 Å². The van der Waals surface area contributed by atoms with Gasteiger partial charge in [0.1, 0.15) is 6.61 Å². The maximum atomic E-state index is 13.5. The number of nitrogens with zero attached hydrogens (tertiary/aromatic N) is 1. The van der Waals surface area contributed by atoms with Gasteiger partial charge in [-0.2, -0.15) is 0 Å². The first-order valence-electron chi connectivity index (χ1n) is 12.5. The predicted molar refractivity (Wildman–Crippen MR) is 139 cm³/mol. The lowest BCUT2D eigenvalue weighted by Crippen LogP contribution is -2.39. The number of allylic oxidation sites excluding steroid dienone is 4. The number of carbonyl (C=O) groups excluding carboxylic acids is 2. The van der Waals surface area contributed by atoms with E-state index in [9.17, 15) is 9.59 Å². The Hall–Kier alpha value is -2.38. The third-order valence-electron chi connectivity index (χ3n) is 6.83. The lowest BCUT2D eigenvalue weighted by Gasteiger charge is -2.44. The first-order valence-corrected chi connectivity index (χ1v) is 13.3. The van der Waals surface area contributed by atoms with E-state index in [4.69, 9.17) is 14.2 Å². The first kappa shape index (κ1) is 25.7. The van der Waals surface area contributed by atoms with E-state index in [0.29, 0.717) is 44.2 Å². The highest BCUT2D eigenvalue weighted by Gasteiger charge is 2.43. The first-order chi connectivity index (χ1) is 17.0. The Bertz CT molecular complexity index is 1030. The smallest absolute Gasteiger partial charge is 0.175 e. The molecule has 1 aromatic rings. The zero-order valence-corrected chi connectivity index (χ0v) is 22.2. The van der Waals surface area contributed by atoms with E-state index in [0.717, 1.165) is 71.2 Å². The van der Waals surface area contributed by atoms with Crippen molar-refractivity contribution in [1.82, 2.24) is 4.90 Å². The van der Waals surface area contributed by atoms with E-state index < -0.39 is 0 Å². The second-order valence-corrected chi connectivity index (χ2v) is 9.92. The van der Waals surface area contributed by atoms with Gasteiger partial charge in [-0.25, -0.2) is 0 Å². The molecule has 0 fully saturated rings. The van der Waals surface area contributed by atoms with Gasteiger partial charge in [0.05, 0.1) is 11.1 Å². The highest BCUT2D eigenvalue weighted by molar-refractivity contribution is 9.10. The van der Waals surface area contributed by atoms with Crippen LogP contribution in [0, 0.1) is 0 Å². The number of ketones is 2. The summed E-state index contributed by atoms with van der Waals surface area (Å²) >= 11 is 3.66. The van der Waals surface area contributed by atoms with Gasteiger partial charge < -0.3 is 19.1 Å². The maximum Gasteiger partial charge on any atom is 0.175 e. The molecular formula is C28H34BrNO5. The Morgan fingerprint density at radius 3 is 2.29 bits per heavy atom. The van der Waals surface area contributed by atoms with Crippen molar-refractivity contribution >= 4 is 27.5 Å². The van der Waals surface area contributed by atoms with Crippen molar-refractivity contribution in [2.75, 3.05) is 33.5 Å². The fraction of sp³-hybridized carbons (Fsp3) is 0.500. The van der Waals surface area contributed by atoms with Crippen LogP contribution in [0.25, 0.3) is 0 Å². The molecule has 0 amide bonds. The summed E-state index contributed by atoms with van der Waals surface area (Å²) in [5.41, 5.74) is 4.59. The summed E-state index contributed by atoms with van der Waals surface area (Å²) in [6.45, 7) is 7.87. The van der Waals surface area contributed by atoms with Crippen molar-refractivity contribution in [2.24, 2.45) is 0 Å². The Balaban J connectivity index is 1.89.